The van der Waals surface area contributed by atoms with E-state index in [0.717, 1.165) is 29.3 Å². The quantitative estimate of drug-likeness (QED) is 0.667. The van der Waals surface area contributed by atoms with Crippen molar-refractivity contribution in [2.45, 2.75) is 13.8 Å². The van der Waals surface area contributed by atoms with Crippen LogP contribution in [-0.4, -0.2) is 5.78 Å². The van der Waals surface area contributed by atoms with E-state index in [1.165, 1.54) is 12.3 Å². The zero-order chi connectivity index (χ0) is 15.4. The molecule has 1 N–H and O–H groups in total. The highest BCUT2D eigenvalue weighted by Gasteiger charge is 2.06. The number of anilines is 1. The van der Waals surface area contributed by atoms with Crippen molar-refractivity contribution in [2.75, 3.05) is 5.32 Å². The minimum Gasteiger partial charge on any atom is -0.359 e. The summed E-state index contributed by atoms with van der Waals surface area (Å²) in [5, 5.41) is 2.57. The molecule has 2 aromatic rings. The van der Waals surface area contributed by atoms with Crippen LogP contribution in [0.15, 0.2) is 48.7 Å². The lowest BCUT2D eigenvalue weighted by Gasteiger charge is -2.04. The van der Waals surface area contributed by atoms with E-state index in [2.05, 4.69) is 5.32 Å². The molecular weight excluding hydrogens is 272 g/mol. The first kappa shape index (κ1) is 14.9. The van der Waals surface area contributed by atoms with E-state index >= 15 is 0 Å². The van der Waals surface area contributed by atoms with Gasteiger partial charge in [-0.3, -0.25) is 4.79 Å². The first-order valence-corrected chi connectivity index (χ1v) is 6.47. The summed E-state index contributed by atoms with van der Waals surface area (Å²) in [5.41, 5.74) is 2.43. The van der Waals surface area contributed by atoms with Crippen LogP contribution >= 0.6 is 0 Å². The molecule has 0 amide bonds. The topological polar surface area (TPSA) is 29.1 Å². The summed E-state index contributed by atoms with van der Waals surface area (Å²) in [6, 6.07) is 8.68. The van der Waals surface area contributed by atoms with Crippen molar-refractivity contribution in [3.05, 3.63) is 77.0 Å². The van der Waals surface area contributed by atoms with Gasteiger partial charge in [-0.2, -0.15) is 0 Å². The summed E-state index contributed by atoms with van der Waals surface area (Å²) < 4.78 is 26.4. The minimum absolute atomic E-state index is 0.0139. The van der Waals surface area contributed by atoms with Gasteiger partial charge in [-0.15, -0.1) is 0 Å². The van der Waals surface area contributed by atoms with Crippen LogP contribution in [-0.2, 0) is 0 Å². The van der Waals surface area contributed by atoms with Crippen molar-refractivity contribution >= 4 is 11.5 Å². The number of aryl methyl sites for hydroxylation is 2. The van der Waals surface area contributed by atoms with Crippen molar-refractivity contribution in [2.24, 2.45) is 0 Å². The summed E-state index contributed by atoms with van der Waals surface area (Å²) in [4.78, 5) is 12.1. The van der Waals surface area contributed by atoms with Gasteiger partial charge in [0.2, 0.25) is 0 Å². The van der Waals surface area contributed by atoms with Crippen molar-refractivity contribution < 1.29 is 13.6 Å². The lowest BCUT2D eigenvalue weighted by molar-refractivity contribution is 0.104. The molecular formula is C17H15F2NO. The van der Waals surface area contributed by atoms with Gasteiger partial charge in [-0.25, -0.2) is 8.78 Å². The fourth-order valence-electron chi connectivity index (χ4n) is 1.91. The molecule has 0 radical (unpaired) electrons. The van der Waals surface area contributed by atoms with Gasteiger partial charge in [0.15, 0.2) is 5.78 Å². The molecule has 0 fully saturated rings. The van der Waals surface area contributed by atoms with Gasteiger partial charge in [-0.1, -0.05) is 17.7 Å². The zero-order valence-electron chi connectivity index (χ0n) is 11.8. The number of nitrogens with one attached hydrogen (secondary N) is 1. The molecule has 21 heavy (non-hydrogen) atoms. The number of ketones is 1. The van der Waals surface area contributed by atoms with Gasteiger partial charge in [0.25, 0.3) is 0 Å². The highest BCUT2D eigenvalue weighted by atomic mass is 19.1. The smallest absolute Gasteiger partial charge is 0.187 e. The molecule has 0 heterocycles. The first-order chi connectivity index (χ1) is 9.97. The van der Waals surface area contributed by atoms with Crippen LogP contribution in [0.4, 0.5) is 14.5 Å². The maximum atomic E-state index is 13.4. The summed E-state index contributed by atoms with van der Waals surface area (Å²) in [6.07, 6.45) is 2.61. The Morgan fingerprint density at radius 2 is 1.86 bits per heavy atom. The summed E-state index contributed by atoms with van der Waals surface area (Å²) in [7, 11) is 0. The lowest BCUT2D eigenvalue weighted by atomic mass is 10.0. The number of hydrogen-bond acceptors (Lipinski definition) is 2. The maximum Gasteiger partial charge on any atom is 0.187 e. The van der Waals surface area contributed by atoms with E-state index in [9.17, 15) is 13.6 Å². The molecule has 0 aliphatic carbocycles. The van der Waals surface area contributed by atoms with Gasteiger partial charge in [0.1, 0.15) is 11.6 Å². The Morgan fingerprint density at radius 1 is 1.10 bits per heavy atom. The molecule has 0 saturated heterocycles. The second-order valence-electron chi connectivity index (χ2n) is 4.78. The van der Waals surface area contributed by atoms with Crippen LogP contribution in [0, 0.1) is 25.5 Å². The van der Waals surface area contributed by atoms with E-state index in [-0.39, 0.29) is 11.5 Å². The molecule has 108 valence electrons. The molecule has 0 unspecified atom stereocenters. The third kappa shape index (κ3) is 3.75. The summed E-state index contributed by atoms with van der Waals surface area (Å²) in [5.74, 6) is -1.33. The van der Waals surface area contributed by atoms with Crippen LogP contribution in [0.1, 0.15) is 21.5 Å². The van der Waals surface area contributed by atoms with Crippen LogP contribution in [0.25, 0.3) is 0 Å². The molecule has 2 nitrogen and oxygen atoms in total. The van der Waals surface area contributed by atoms with Crippen LogP contribution in [0.5, 0.6) is 0 Å². The van der Waals surface area contributed by atoms with Crippen LogP contribution < -0.4 is 5.32 Å². The SMILES string of the molecule is Cc1ccc(C)c(C(=O)/C=C/Nc2cc(F)ccc2F)c1. The van der Waals surface area contributed by atoms with Crippen molar-refractivity contribution in [1.29, 1.82) is 0 Å². The molecule has 0 saturated carbocycles. The molecule has 0 spiro atoms. The Hall–Kier alpha value is -2.49. The zero-order valence-corrected chi connectivity index (χ0v) is 11.8. The van der Waals surface area contributed by atoms with Gasteiger partial charge in [-0.05, 0) is 37.6 Å². The molecule has 0 bridgehead atoms. The van der Waals surface area contributed by atoms with Crippen molar-refractivity contribution in [3.8, 4) is 0 Å². The van der Waals surface area contributed by atoms with E-state index in [1.807, 2.05) is 26.0 Å². The van der Waals surface area contributed by atoms with Gasteiger partial charge < -0.3 is 5.32 Å². The Morgan fingerprint density at radius 3 is 2.62 bits per heavy atom. The minimum atomic E-state index is -0.583. The Bertz CT molecular complexity index is 708. The number of benzene rings is 2. The highest BCUT2D eigenvalue weighted by Crippen LogP contribution is 2.16. The third-order valence-corrected chi connectivity index (χ3v) is 3.06. The number of halogens is 2. The van der Waals surface area contributed by atoms with Crippen LogP contribution in [0.2, 0.25) is 0 Å². The number of hydrogen-bond donors (Lipinski definition) is 1. The largest absolute Gasteiger partial charge is 0.359 e. The van der Waals surface area contributed by atoms with Crippen molar-refractivity contribution in [3.63, 3.8) is 0 Å². The lowest BCUT2D eigenvalue weighted by Crippen LogP contribution is -2.00. The van der Waals surface area contributed by atoms with E-state index in [0.29, 0.717) is 5.56 Å². The van der Waals surface area contributed by atoms with Gasteiger partial charge in [0, 0.05) is 23.9 Å². The summed E-state index contributed by atoms with van der Waals surface area (Å²) >= 11 is 0. The maximum absolute atomic E-state index is 13.4. The molecule has 0 aliphatic rings. The average Bonchev–Trinajstić information content (AvgIpc) is 2.45. The van der Waals surface area contributed by atoms with Gasteiger partial charge >= 0.3 is 0 Å². The molecule has 0 aliphatic heterocycles. The first-order valence-electron chi connectivity index (χ1n) is 6.47. The monoisotopic (exact) mass is 287 g/mol. The Labute approximate surface area is 122 Å². The Kier molecular flexibility index (Phi) is 4.48. The average molecular weight is 287 g/mol. The molecule has 2 aromatic carbocycles. The third-order valence-electron chi connectivity index (χ3n) is 3.06. The Balaban J connectivity index is 2.12. The normalized spacial score (nSPS) is 10.9. The fraction of sp³-hybridized carbons (Fsp3) is 0.118. The molecule has 0 atom stereocenters. The standard InChI is InChI=1S/C17H15F2NO/c1-11-3-4-12(2)14(9-11)17(21)7-8-20-16-10-13(18)5-6-15(16)19/h3-10,20H,1-2H3/b8-7+. The van der Waals surface area contributed by atoms with Gasteiger partial charge in [0.05, 0.1) is 5.69 Å². The van der Waals surface area contributed by atoms with E-state index in [4.69, 9.17) is 0 Å². The van der Waals surface area contributed by atoms with E-state index < -0.39 is 11.6 Å². The second-order valence-corrected chi connectivity index (χ2v) is 4.78. The summed E-state index contributed by atoms with van der Waals surface area (Å²) in [6.45, 7) is 3.75. The highest BCUT2D eigenvalue weighted by molar-refractivity contribution is 6.05. The predicted octanol–water partition coefficient (Wildman–Crippen LogP) is 4.39. The molecule has 0 aromatic heterocycles. The second kappa shape index (κ2) is 6.31. The molecule has 4 heteroatoms. The molecule has 2 rings (SSSR count). The number of carbonyl (C=O) groups excluding carboxylic acids is 1. The number of allylic oxidation sites excluding steroid dienone is 1. The number of rotatable bonds is 4. The fourth-order valence-corrected chi connectivity index (χ4v) is 1.91. The number of carbonyl (C=O) groups is 1. The van der Waals surface area contributed by atoms with Crippen molar-refractivity contribution in [1.82, 2.24) is 0 Å². The van der Waals surface area contributed by atoms with Crippen LogP contribution in [0.3, 0.4) is 0 Å². The van der Waals surface area contributed by atoms with E-state index in [1.54, 1.807) is 6.07 Å². The predicted molar refractivity (Wildman–Crippen MR) is 79.4 cm³/mol.